The number of nitrogens with one attached hydrogen (secondary N) is 1. The predicted octanol–water partition coefficient (Wildman–Crippen LogP) is 3.76. The molecule has 2 aromatic carbocycles. The first kappa shape index (κ1) is 16.4. The van der Waals surface area contributed by atoms with Crippen molar-refractivity contribution in [3.63, 3.8) is 0 Å². The molecule has 5 heteroatoms. The number of aryl methyl sites for hydroxylation is 2. The van der Waals surface area contributed by atoms with Crippen molar-refractivity contribution in [2.45, 2.75) is 26.8 Å². The lowest BCUT2D eigenvalue weighted by Gasteiger charge is -2.07. The molecule has 0 unspecified atom stereocenters. The molecule has 1 amide bonds. The van der Waals surface area contributed by atoms with E-state index in [-0.39, 0.29) is 12.3 Å². The van der Waals surface area contributed by atoms with Crippen molar-refractivity contribution in [2.75, 3.05) is 6.54 Å². The summed E-state index contributed by atoms with van der Waals surface area (Å²) in [6.45, 7) is 5.39. The maximum absolute atomic E-state index is 12.3. The Balaban J connectivity index is 1.39. The van der Waals surface area contributed by atoms with Gasteiger partial charge in [0.05, 0.1) is 6.42 Å². The first-order valence-electron chi connectivity index (χ1n) is 8.78. The summed E-state index contributed by atoms with van der Waals surface area (Å²) in [6.07, 6.45) is 2.27. The number of fused-ring (bicyclic) bond motifs is 2. The Hall–Kier alpha value is -3.08. The van der Waals surface area contributed by atoms with Crippen molar-refractivity contribution in [3.8, 4) is 0 Å². The van der Waals surface area contributed by atoms with E-state index in [0.717, 1.165) is 23.1 Å². The molecule has 0 atom stereocenters. The lowest BCUT2D eigenvalue weighted by molar-refractivity contribution is -0.120. The van der Waals surface area contributed by atoms with Gasteiger partial charge in [-0.05, 0) is 54.6 Å². The molecule has 0 aliphatic rings. The fourth-order valence-electron chi connectivity index (χ4n) is 3.24. The van der Waals surface area contributed by atoms with E-state index in [1.165, 1.54) is 16.5 Å². The Labute approximate surface area is 151 Å². The van der Waals surface area contributed by atoms with Crippen LogP contribution < -0.4 is 5.32 Å². The Morgan fingerprint density at radius 3 is 2.85 bits per heavy atom. The fourth-order valence-corrected chi connectivity index (χ4v) is 3.24. The summed E-state index contributed by atoms with van der Waals surface area (Å²) in [4.78, 5) is 12.3. The molecular formula is C21H21N3O2. The fraction of sp³-hybridized carbons (Fsp3) is 0.238. The van der Waals surface area contributed by atoms with Crippen molar-refractivity contribution >= 4 is 27.8 Å². The van der Waals surface area contributed by atoms with Crippen LogP contribution in [0.15, 0.2) is 53.2 Å². The largest absolute Gasteiger partial charge is 0.356 e. The molecule has 2 heterocycles. The van der Waals surface area contributed by atoms with Crippen LogP contribution in [0.5, 0.6) is 0 Å². The lowest BCUT2D eigenvalue weighted by atomic mass is 10.1. The van der Waals surface area contributed by atoms with E-state index in [1.807, 2.05) is 44.3 Å². The molecule has 26 heavy (non-hydrogen) atoms. The van der Waals surface area contributed by atoms with Gasteiger partial charge in [0, 0.05) is 30.2 Å². The van der Waals surface area contributed by atoms with E-state index < -0.39 is 0 Å². The van der Waals surface area contributed by atoms with Crippen LogP contribution in [0.2, 0.25) is 0 Å². The van der Waals surface area contributed by atoms with Gasteiger partial charge in [-0.25, -0.2) is 0 Å². The van der Waals surface area contributed by atoms with Crippen molar-refractivity contribution in [3.05, 3.63) is 65.5 Å². The summed E-state index contributed by atoms with van der Waals surface area (Å²) < 4.78 is 7.51. The number of nitrogens with zero attached hydrogens (tertiary/aromatic N) is 2. The second kappa shape index (κ2) is 6.67. The Morgan fingerprint density at radius 1 is 1.15 bits per heavy atom. The van der Waals surface area contributed by atoms with Crippen LogP contribution in [-0.2, 0) is 17.8 Å². The number of hydrogen-bond acceptors (Lipinski definition) is 3. The Bertz CT molecular complexity index is 1090. The number of carbonyl (C=O) groups is 1. The number of amides is 1. The van der Waals surface area contributed by atoms with E-state index in [1.54, 1.807) is 0 Å². The number of rotatable bonds is 5. The minimum atomic E-state index is -0.0464. The summed E-state index contributed by atoms with van der Waals surface area (Å²) in [5, 5.41) is 9.17. The molecule has 0 saturated heterocycles. The summed E-state index contributed by atoms with van der Waals surface area (Å²) in [7, 11) is 0. The van der Waals surface area contributed by atoms with E-state index in [9.17, 15) is 4.79 Å². The van der Waals surface area contributed by atoms with Crippen molar-refractivity contribution in [1.82, 2.24) is 15.0 Å². The molecule has 5 nitrogen and oxygen atoms in total. The summed E-state index contributed by atoms with van der Waals surface area (Å²) in [5.41, 5.74) is 4.92. The average Bonchev–Trinajstić information content (AvgIpc) is 3.21. The summed E-state index contributed by atoms with van der Waals surface area (Å²) >= 11 is 0. The molecule has 0 aliphatic carbocycles. The van der Waals surface area contributed by atoms with Crippen LogP contribution in [0, 0.1) is 13.8 Å². The minimum absolute atomic E-state index is 0.0464. The van der Waals surface area contributed by atoms with Gasteiger partial charge in [-0.15, -0.1) is 0 Å². The van der Waals surface area contributed by atoms with Crippen LogP contribution >= 0.6 is 0 Å². The van der Waals surface area contributed by atoms with Gasteiger partial charge in [0.15, 0.2) is 5.58 Å². The Kier molecular flexibility index (Phi) is 4.21. The van der Waals surface area contributed by atoms with Crippen molar-refractivity contribution < 1.29 is 9.32 Å². The van der Waals surface area contributed by atoms with Crippen LogP contribution in [-0.4, -0.2) is 22.2 Å². The van der Waals surface area contributed by atoms with Gasteiger partial charge in [-0.2, -0.15) is 0 Å². The third-order valence-corrected chi connectivity index (χ3v) is 4.84. The average molecular weight is 347 g/mol. The van der Waals surface area contributed by atoms with E-state index in [4.69, 9.17) is 4.52 Å². The van der Waals surface area contributed by atoms with Crippen molar-refractivity contribution in [1.29, 1.82) is 0 Å². The third-order valence-electron chi connectivity index (χ3n) is 4.84. The van der Waals surface area contributed by atoms with Crippen molar-refractivity contribution in [2.24, 2.45) is 0 Å². The minimum Gasteiger partial charge on any atom is -0.356 e. The quantitative estimate of drug-likeness (QED) is 0.598. The van der Waals surface area contributed by atoms with Gasteiger partial charge in [-0.3, -0.25) is 4.79 Å². The van der Waals surface area contributed by atoms with Gasteiger partial charge < -0.3 is 14.4 Å². The van der Waals surface area contributed by atoms with Gasteiger partial charge in [0.2, 0.25) is 5.91 Å². The predicted molar refractivity (Wildman–Crippen MR) is 102 cm³/mol. The molecule has 0 fully saturated rings. The Morgan fingerprint density at radius 2 is 1.96 bits per heavy atom. The maximum Gasteiger partial charge on any atom is 0.226 e. The highest BCUT2D eigenvalue weighted by molar-refractivity contribution is 5.87. The lowest BCUT2D eigenvalue weighted by Crippen LogP contribution is -2.28. The highest BCUT2D eigenvalue weighted by Crippen LogP contribution is 2.23. The van der Waals surface area contributed by atoms with E-state index in [0.29, 0.717) is 12.2 Å². The summed E-state index contributed by atoms with van der Waals surface area (Å²) in [5.74, 6) is -0.0464. The second-order valence-electron chi connectivity index (χ2n) is 6.66. The molecule has 0 bridgehead atoms. The molecule has 0 saturated carbocycles. The van der Waals surface area contributed by atoms with Crippen LogP contribution in [0.25, 0.3) is 21.9 Å². The van der Waals surface area contributed by atoms with E-state index in [2.05, 4.69) is 33.2 Å². The number of hydrogen-bond donors (Lipinski definition) is 1. The zero-order valence-corrected chi connectivity index (χ0v) is 15.0. The second-order valence-corrected chi connectivity index (χ2v) is 6.66. The zero-order chi connectivity index (χ0) is 18.1. The molecule has 0 aliphatic heterocycles. The first-order valence-corrected chi connectivity index (χ1v) is 8.78. The van der Waals surface area contributed by atoms with Crippen LogP contribution in [0.1, 0.15) is 16.8 Å². The van der Waals surface area contributed by atoms with Gasteiger partial charge in [-0.1, -0.05) is 23.4 Å². The third kappa shape index (κ3) is 3.08. The number of benzene rings is 2. The highest BCUT2D eigenvalue weighted by atomic mass is 16.5. The molecule has 2 aromatic heterocycles. The zero-order valence-electron chi connectivity index (χ0n) is 15.0. The summed E-state index contributed by atoms with van der Waals surface area (Å²) in [6, 6.07) is 14.3. The van der Waals surface area contributed by atoms with Gasteiger partial charge in [0.25, 0.3) is 0 Å². The highest BCUT2D eigenvalue weighted by Gasteiger charge is 2.13. The number of para-hydroxylation sites is 1. The molecule has 0 radical (unpaired) electrons. The SMILES string of the molecule is Cc1cc2onc(CC(=O)NCCn3ccc4ccccc43)c2cc1C. The molecular weight excluding hydrogens is 326 g/mol. The number of carbonyl (C=O) groups excluding carboxylic acids is 1. The maximum atomic E-state index is 12.3. The topological polar surface area (TPSA) is 60.1 Å². The molecule has 132 valence electrons. The van der Waals surface area contributed by atoms with E-state index >= 15 is 0 Å². The molecule has 4 rings (SSSR count). The van der Waals surface area contributed by atoms with Crippen LogP contribution in [0.3, 0.4) is 0 Å². The normalized spacial score (nSPS) is 11.3. The van der Waals surface area contributed by atoms with Gasteiger partial charge in [0.1, 0.15) is 5.69 Å². The standard InChI is InChI=1S/C21H21N3O2/c1-14-11-17-18(23-26-20(17)12-15(14)2)13-21(25)22-8-10-24-9-7-16-5-3-4-6-19(16)24/h3-7,9,11-12H,8,10,13H2,1-2H3,(H,22,25). The smallest absolute Gasteiger partial charge is 0.226 e. The molecule has 0 spiro atoms. The molecule has 4 aromatic rings. The first-order chi connectivity index (χ1) is 12.6. The van der Waals surface area contributed by atoms with Crippen LogP contribution in [0.4, 0.5) is 0 Å². The number of aromatic nitrogens is 2. The van der Waals surface area contributed by atoms with Gasteiger partial charge >= 0.3 is 0 Å². The monoisotopic (exact) mass is 347 g/mol. The molecule has 1 N–H and O–H groups in total.